The molecule has 8 heteroatoms. The van der Waals surface area contributed by atoms with Gasteiger partial charge in [0, 0.05) is 49.5 Å². The first kappa shape index (κ1) is 26.3. The lowest BCUT2D eigenvalue weighted by molar-refractivity contribution is 0.0224. The second kappa shape index (κ2) is 10.9. The zero-order chi connectivity index (χ0) is 27.7. The Morgan fingerprint density at radius 1 is 1.12 bits per heavy atom. The van der Waals surface area contributed by atoms with Gasteiger partial charge in [-0.25, -0.2) is 9.78 Å². The van der Waals surface area contributed by atoms with Crippen molar-refractivity contribution < 1.29 is 19.0 Å². The summed E-state index contributed by atoms with van der Waals surface area (Å²) in [5.74, 6) is 1.44. The van der Waals surface area contributed by atoms with E-state index in [1.807, 2.05) is 57.4 Å². The second-order valence-electron chi connectivity index (χ2n) is 11.6. The van der Waals surface area contributed by atoms with Gasteiger partial charge in [0.15, 0.2) is 0 Å². The van der Waals surface area contributed by atoms with Gasteiger partial charge in [0.2, 0.25) is 0 Å². The predicted octanol–water partition coefficient (Wildman–Crippen LogP) is 6.82. The van der Waals surface area contributed by atoms with Crippen molar-refractivity contribution in [3.8, 4) is 22.6 Å². The van der Waals surface area contributed by atoms with Gasteiger partial charge in [-0.3, -0.25) is 4.98 Å². The average Bonchev–Trinajstić information content (AvgIpc) is 3.62. The number of hydrogen-bond acceptors (Lipinski definition) is 6. The molecule has 0 bridgehead atoms. The number of nitrogens with one attached hydrogen (secondary N) is 1. The summed E-state index contributed by atoms with van der Waals surface area (Å²) >= 11 is 0. The van der Waals surface area contributed by atoms with Crippen molar-refractivity contribution in [3.05, 3.63) is 71.8 Å². The van der Waals surface area contributed by atoms with Crippen LogP contribution in [0.15, 0.2) is 55.0 Å². The molecule has 1 amide bonds. The van der Waals surface area contributed by atoms with Gasteiger partial charge in [-0.05, 0) is 99.9 Å². The minimum absolute atomic E-state index is 0.287. The maximum absolute atomic E-state index is 12.7. The predicted molar refractivity (Wildman–Crippen MR) is 153 cm³/mol. The highest BCUT2D eigenvalue weighted by atomic mass is 16.6. The number of carbonyl (C=O) groups is 1. The highest BCUT2D eigenvalue weighted by molar-refractivity contribution is 5.98. The molecule has 2 aliphatic rings. The van der Waals surface area contributed by atoms with Crippen LogP contribution >= 0.6 is 0 Å². The molecule has 0 unspecified atom stereocenters. The lowest BCUT2D eigenvalue weighted by Gasteiger charge is -2.31. The monoisotopic (exact) mass is 540 g/mol. The summed E-state index contributed by atoms with van der Waals surface area (Å²) in [4.78, 5) is 26.9. The molecule has 0 saturated carbocycles. The summed E-state index contributed by atoms with van der Waals surface area (Å²) in [5.41, 5.74) is 5.68. The summed E-state index contributed by atoms with van der Waals surface area (Å²) < 4.78 is 17.9. The van der Waals surface area contributed by atoms with E-state index in [-0.39, 0.29) is 6.09 Å². The van der Waals surface area contributed by atoms with Crippen molar-refractivity contribution >= 4 is 17.1 Å². The number of rotatable bonds is 6. The Hall–Kier alpha value is -3.91. The van der Waals surface area contributed by atoms with Crippen LogP contribution in [0.25, 0.3) is 22.2 Å². The van der Waals surface area contributed by atoms with E-state index in [1.165, 1.54) is 5.56 Å². The molecule has 3 aromatic heterocycles. The number of hydrogen-bond donors (Lipinski definition) is 1. The van der Waals surface area contributed by atoms with Crippen LogP contribution < -0.4 is 4.74 Å². The molecule has 1 saturated heterocycles. The molecule has 8 nitrogen and oxygen atoms in total. The molecule has 40 heavy (non-hydrogen) atoms. The molecule has 1 fully saturated rings. The summed E-state index contributed by atoms with van der Waals surface area (Å²) in [6.07, 6.45) is 10.6. The third-order valence-corrected chi connectivity index (χ3v) is 7.48. The molecule has 1 N–H and O–H groups in total. The van der Waals surface area contributed by atoms with Crippen molar-refractivity contribution in [3.63, 3.8) is 0 Å². The Morgan fingerprint density at radius 2 is 2.00 bits per heavy atom. The molecule has 1 atom stereocenters. The van der Waals surface area contributed by atoms with Crippen LogP contribution in [0, 0.1) is 0 Å². The fraction of sp³-hybridized carbons (Fsp3) is 0.406. The average molecular weight is 541 g/mol. The number of H-pyrrole nitrogens is 1. The largest absolute Gasteiger partial charge is 0.457 e. The SMILES string of the molecule is CC(C)(C)OC(=O)N1CCc2ccc(Oc3ccnc4[nH]cc(-c5ccnc(CC[C@@H]6CCCO6)c5)c34)cc2C1. The minimum atomic E-state index is -0.525. The Balaban J connectivity index is 1.24. The Bertz CT molecular complexity index is 1520. The third-order valence-electron chi connectivity index (χ3n) is 7.48. The first-order valence-corrected chi connectivity index (χ1v) is 14.1. The highest BCUT2D eigenvalue weighted by Crippen LogP contribution is 2.37. The standard InChI is InChI=1S/C32H36N4O4/c1-32(2,3)40-31(37)36-15-12-21-6-8-26(18-23(21)20-36)39-28-11-14-34-30-29(28)27(19-35-30)22-10-13-33-24(17-22)7-9-25-5-4-16-38-25/h6,8,10-11,13-14,17-19,25H,4-5,7,9,12,15-16,20H2,1-3H3,(H,34,35)/t25-/m0/s1. The Labute approximate surface area is 234 Å². The van der Waals surface area contributed by atoms with Crippen LogP contribution in [0.3, 0.4) is 0 Å². The van der Waals surface area contributed by atoms with Gasteiger partial charge in [0.05, 0.1) is 11.5 Å². The van der Waals surface area contributed by atoms with Gasteiger partial charge in [0.1, 0.15) is 22.7 Å². The molecule has 5 heterocycles. The molecule has 0 radical (unpaired) electrons. The molecule has 0 spiro atoms. The maximum Gasteiger partial charge on any atom is 0.410 e. The molecule has 1 aromatic carbocycles. The molecular weight excluding hydrogens is 504 g/mol. The lowest BCUT2D eigenvalue weighted by atomic mass is 9.99. The molecule has 2 aliphatic heterocycles. The molecule has 6 rings (SSSR count). The van der Waals surface area contributed by atoms with Crippen LogP contribution in [0.4, 0.5) is 4.79 Å². The smallest absolute Gasteiger partial charge is 0.410 e. The molecule has 0 aliphatic carbocycles. The number of fused-ring (bicyclic) bond motifs is 2. The van der Waals surface area contributed by atoms with E-state index in [9.17, 15) is 4.79 Å². The number of pyridine rings is 2. The van der Waals surface area contributed by atoms with Crippen LogP contribution in [-0.2, 0) is 28.9 Å². The number of aromatic nitrogens is 3. The third kappa shape index (κ3) is 5.82. The number of amides is 1. The fourth-order valence-electron chi connectivity index (χ4n) is 5.51. The minimum Gasteiger partial charge on any atom is -0.457 e. The number of nitrogens with zero attached hydrogens (tertiary/aromatic N) is 3. The Morgan fingerprint density at radius 3 is 2.83 bits per heavy atom. The normalized spacial score (nSPS) is 17.2. The Kier molecular flexibility index (Phi) is 7.19. The number of aryl methyl sites for hydroxylation is 1. The van der Waals surface area contributed by atoms with E-state index >= 15 is 0 Å². The van der Waals surface area contributed by atoms with Crippen molar-refractivity contribution in [1.82, 2.24) is 19.9 Å². The van der Waals surface area contributed by atoms with Crippen molar-refractivity contribution in [2.24, 2.45) is 0 Å². The van der Waals surface area contributed by atoms with Crippen molar-refractivity contribution in [2.75, 3.05) is 13.2 Å². The van der Waals surface area contributed by atoms with Crippen LogP contribution in [-0.4, -0.2) is 50.8 Å². The molecular formula is C32H36N4O4. The fourth-order valence-corrected chi connectivity index (χ4v) is 5.51. The van der Waals surface area contributed by atoms with E-state index in [0.717, 1.165) is 83.6 Å². The van der Waals surface area contributed by atoms with Gasteiger partial charge >= 0.3 is 6.09 Å². The van der Waals surface area contributed by atoms with Gasteiger partial charge in [-0.15, -0.1) is 0 Å². The topological polar surface area (TPSA) is 89.6 Å². The highest BCUT2D eigenvalue weighted by Gasteiger charge is 2.26. The quantitative estimate of drug-likeness (QED) is 0.289. The lowest BCUT2D eigenvalue weighted by Crippen LogP contribution is -2.39. The number of ether oxygens (including phenoxy) is 3. The van der Waals surface area contributed by atoms with Crippen molar-refractivity contribution in [2.45, 2.75) is 71.1 Å². The first-order valence-electron chi connectivity index (χ1n) is 14.1. The molecule has 4 aromatic rings. The summed E-state index contributed by atoms with van der Waals surface area (Å²) in [6.45, 7) is 7.66. The van der Waals surface area contributed by atoms with E-state index in [0.29, 0.717) is 19.2 Å². The maximum atomic E-state index is 12.7. The van der Waals surface area contributed by atoms with Crippen molar-refractivity contribution in [1.29, 1.82) is 0 Å². The molecule has 208 valence electrons. The van der Waals surface area contributed by atoms with E-state index < -0.39 is 5.60 Å². The van der Waals surface area contributed by atoms with Gasteiger partial charge in [0.25, 0.3) is 0 Å². The van der Waals surface area contributed by atoms with E-state index in [4.69, 9.17) is 14.2 Å². The van der Waals surface area contributed by atoms with Gasteiger partial charge < -0.3 is 24.1 Å². The van der Waals surface area contributed by atoms with E-state index in [1.54, 1.807) is 11.1 Å². The summed E-state index contributed by atoms with van der Waals surface area (Å²) in [6, 6.07) is 12.2. The number of benzene rings is 1. The zero-order valence-electron chi connectivity index (χ0n) is 23.4. The van der Waals surface area contributed by atoms with E-state index in [2.05, 4.69) is 27.1 Å². The number of aromatic amines is 1. The summed E-state index contributed by atoms with van der Waals surface area (Å²) in [5, 5.41) is 0.923. The van der Waals surface area contributed by atoms with Gasteiger partial charge in [-0.2, -0.15) is 0 Å². The second-order valence-corrected chi connectivity index (χ2v) is 11.6. The zero-order valence-corrected chi connectivity index (χ0v) is 23.4. The number of carbonyl (C=O) groups excluding carboxylic acids is 1. The van der Waals surface area contributed by atoms with Gasteiger partial charge in [-0.1, -0.05) is 6.07 Å². The van der Waals surface area contributed by atoms with Crippen LogP contribution in [0.2, 0.25) is 0 Å². The first-order chi connectivity index (χ1) is 19.3. The van der Waals surface area contributed by atoms with Crippen LogP contribution in [0.1, 0.15) is 56.9 Å². The summed E-state index contributed by atoms with van der Waals surface area (Å²) in [7, 11) is 0. The van der Waals surface area contributed by atoms with Crippen LogP contribution in [0.5, 0.6) is 11.5 Å².